The van der Waals surface area contributed by atoms with Gasteiger partial charge in [-0.2, -0.15) is 5.26 Å². The molecule has 0 unspecified atom stereocenters. The maximum atomic E-state index is 9.20. The van der Waals surface area contributed by atoms with Crippen LogP contribution in [0, 0.1) is 11.3 Å². The molecule has 2 heterocycles. The molecular weight excluding hydrogens is 284 g/mol. The first-order chi connectivity index (χ1) is 10.2. The fourth-order valence-corrected chi connectivity index (χ4v) is 2.43. The number of nitrogens with zero attached hydrogens (tertiary/aromatic N) is 3. The molecule has 2 rings (SSSR count). The Morgan fingerprint density at radius 3 is 2.62 bits per heavy atom. The van der Waals surface area contributed by atoms with Crippen LogP contribution in [-0.2, 0) is 0 Å². The zero-order valence-corrected chi connectivity index (χ0v) is 12.8. The van der Waals surface area contributed by atoms with Gasteiger partial charge in [0.2, 0.25) is 0 Å². The summed E-state index contributed by atoms with van der Waals surface area (Å²) in [5.74, 6) is 1.54. The van der Waals surface area contributed by atoms with E-state index in [-0.39, 0.29) is 0 Å². The molecule has 0 aliphatic carbocycles. The highest BCUT2D eigenvalue weighted by Crippen LogP contribution is 2.13. The normalized spacial score (nSPS) is 16.0. The van der Waals surface area contributed by atoms with Gasteiger partial charge in [-0.15, -0.1) is 0 Å². The number of hydrogen-bond donors (Lipinski definition) is 2. The molecule has 0 aromatic carbocycles. The summed E-state index contributed by atoms with van der Waals surface area (Å²) in [6.07, 6.45) is 1.91. The van der Waals surface area contributed by atoms with E-state index in [1.54, 1.807) is 7.05 Å². The van der Waals surface area contributed by atoms with Crippen LogP contribution >= 0.6 is 12.2 Å². The molecule has 21 heavy (non-hydrogen) atoms. The summed E-state index contributed by atoms with van der Waals surface area (Å²) < 4.78 is 0. The van der Waals surface area contributed by atoms with Crippen LogP contribution in [0.1, 0.15) is 0 Å². The highest BCUT2D eigenvalue weighted by atomic mass is 32.1. The number of aromatic amines is 1. The van der Waals surface area contributed by atoms with Crippen molar-refractivity contribution in [3.63, 3.8) is 0 Å². The van der Waals surface area contributed by atoms with Crippen LogP contribution < -0.4 is 20.9 Å². The number of nitrogens with two attached hydrogens (primary N) is 1. The van der Waals surface area contributed by atoms with Crippen molar-refractivity contribution in [2.45, 2.75) is 0 Å². The summed E-state index contributed by atoms with van der Waals surface area (Å²) in [4.78, 5) is 7.87. The Morgan fingerprint density at radius 1 is 1.38 bits per heavy atom. The molecule has 0 amide bonds. The van der Waals surface area contributed by atoms with Gasteiger partial charge in [0.25, 0.3) is 5.82 Å². The second-order valence-corrected chi connectivity index (χ2v) is 5.08. The summed E-state index contributed by atoms with van der Waals surface area (Å²) in [7, 11) is 1.69. The zero-order valence-electron chi connectivity index (χ0n) is 12.0. The molecule has 1 aliphatic rings. The van der Waals surface area contributed by atoms with Crippen LogP contribution in [0.4, 0.5) is 5.82 Å². The number of H-pyrrole nitrogens is 1. The first-order valence-electron chi connectivity index (χ1n) is 6.76. The quantitative estimate of drug-likeness (QED) is 0.460. The van der Waals surface area contributed by atoms with Crippen LogP contribution in [0.15, 0.2) is 35.8 Å². The van der Waals surface area contributed by atoms with E-state index in [0.29, 0.717) is 16.4 Å². The average molecular weight is 303 g/mol. The smallest absolute Gasteiger partial charge is 0.274 e. The monoisotopic (exact) mass is 303 g/mol. The third-order valence-corrected chi connectivity index (χ3v) is 3.88. The standard InChI is InChI=1S/C14H18N6S/c1-17-14(21)11(10-15)13(16)20-8-6-19(7-9-20)12-4-2-3-5-18-12/h2-5H,6-9,16H2,1H3,(H,17,21)/p+1/b13-11-. The molecule has 6 nitrogen and oxygen atoms in total. The highest BCUT2D eigenvalue weighted by Gasteiger charge is 2.25. The molecule has 0 bridgehead atoms. The molecule has 1 aromatic heterocycles. The number of anilines is 1. The SMILES string of the molecule is CNC(=S)/C(C#N)=C(/N)N1CCN(c2cccc[nH+]2)CC1. The summed E-state index contributed by atoms with van der Waals surface area (Å²) >= 11 is 5.11. The summed E-state index contributed by atoms with van der Waals surface area (Å²) in [6.45, 7) is 3.19. The molecule has 1 aromatic rings. The van der Waals surface area contributed by atoms with Gasteiger partial charge in [-0.05, 0) is 6.07 Å². The van der Waals surface area contributed by atoms with Crippen LogP contribution in [0.5, 0.6) is 0 Å². The van der Waals surface area contributed by atoms with Crippen molar-refractivity contribution < 1.29 is 4.98 Å². The number of pyridine rings is 1. The van der Waals surface area contributed by atoms with Crippen molar-refractivity contribution in [1.29, 1.82) is 5.26 Å². The highest BCUT2D eigenvalue weighted by molar-refractivity contribution is 7.80. The van der Waals surface area contributed by atoms with Gasteiger partial charge in [0, 0.05) is 13.1 Å². The van der Waals surface area contributed by atoms with Crippen molar-refractivity contribution in [3.8, 4) is 6.07 Å². The molecule has 4 N–H and O–H groups in total. The van der Waals surface area contributed by atoms with E-state index in [1.807, 2.05) is 29.3 Å². The van der Waals surface area contributed by atoms with E-state index in [0.717, 1.165) is 32.0 Å². The molecule has 0 saturated carbocycles. The lowest BCUT2D eigenvalue weighted by atomic mass is 10.2. The van der Waals surface area contributed by atoms with Gasteiger partial charge in [0.15, 0.2) is 0 Å². The van der Waals surface area contributed by atoms with E-state index < -0.39 is 0 Å². The molecular formula is C14H19N6S+. The minimum absolute atomic E-state index is 0.340. The van der Waals surface area contributed by atoms with E-state index in [9.17, 15) is 5.26 Å². The van der Waals surface area contributed by atoms with Crippen LogP contribution in [0.25, 0.3) is 0 Å². The van der Waals surface area contributed by atoms with Gasteiger partial charge in [-0.3, -0.25) is 4.90 Å². The van der Waals surface area contributed by atoms with Crippen molar-refractivity contribution in [3.05, 3.63) is 35.8 Å². The number of thiocarbonyl (C=S) groups is 1. The van der Waals surface area contributed by atoms with Gasteiger partial charge in [0.1, 0.15) is 35.5 Å². The molecule has 0 radical (unpaired) electrons. The lowest BCUT2D eigenvalue weighted by Gasteiger charge is -2.32. The number of aromatic nitrogens is 1. The molecule has 1 aliphatic heterocycles. The maximum Gasteiger partial charge on any atom is 0.274 e. The number of rotatable bonds is 3. The number of piperazine rings is 1. The Kier molecular flexibility index (Phi) is 4.95. The molecule has 0 spiro atoms. The van der Waals surface area contributed by atoms with Crippen molar-refractivity contribution >= 4 is 23.0 Å². The van der Waals surface area contributed by atoms with Gasteiger partial charge in [0.05, 0.1) is 19.3 Å². The minimum atomic E-state index is 0.340. The average Bonchev–Trinajstić information content (AvgIpc) is 2.56. The maximum absolute atomic E-state index is 9.20. The molecule has 7 heteroatoms. The van der Waals surface area contributed by atoms with Crippen LogP contribution in [-0.4, -0.2) is 43.1 Å². The van der Waals surface area contributed by atoms with Gasteiger partial charge in [-0.1, -0.05) is 18.3 Å². The lowest BCUT2D eigenvalue weighted by Crippen LogP contribution is -2.49. The molecule has 1 fully saturated rings. The third-order valence-electron chi connectivity index (χ3n) is 3.48. The number of hydrogen-bond acceptors (Lipinski definition) is 5. The molecule has 1 saturated heterocycles. The van der Waals surface area contributed by atoms with Gasteiger partial charge in [-0.25, -0.2) is 4.98 Å². The Labute approximate surface area is 129 Å². The largest absolute Gasteiger partial charge is 0.384 e. The molecule has 0 atom stereocenters. The Bertz CT molecular complexity index is 569. The van der Waals surface area contributed by atoms with E-state index in [2.05, 4.69) is 21.3 Å². The van der Waals surface area contributed by atoms with Crippen molar-refractivity contribution in [2.24, 2.45) is 5.73 Å². The number of nitriles is 1. The fourth-order valence-electron chi connectivity index (χ4n) is 2.28. The first kappa shape index (κ1) is 15.1. The third kappa shape index (κ3) is 3.41. The van der Waals surface area contributed by atoms with Crippen molar-refractivity contribution in [2.75, 3.05) is 38.1 Å². The molecule has 110 valence electrons. The van der Waals surface area contributed by atoms with Crippen LogP contribution in [0.3, 0.4) is 0 Å². The lowest BCUT2D eigenvalue weighted by molar-refractivity contribution is -0.364. The Morgan fingerprint density at radius 2 is 2.10 bits per heavy atom. The fraction of sp³-hybridized carbons (Fsp3) is 0.357. The summed E-state index contributed by atoms with van der Waals surface area (Å²) in [5, 5.41) is 12.0. The summed E-state index contributed by atoms with van der Waals surface area (Å²) in [6, 6.07) is 8.09. The number of likely N-dealkylation sites (N-methyl/N-ethyl adjacent to an activating group) is 1. The number of nitrogens with one attached hydrogen (secondary N) is 2. The second kappa shape index (κ2) is 6.90. The van der Waals surface area contributed by atoms with Crippen LogP contribution in [0.2, 0.25) is 0 Å². The minimum Gasteiger partial charge on any atom is -0.384 e. The predicted octanol–water partition coefficient (Wildman–Crippen LogP) is -0.137. The van der Waals surface area contributed by atoms with E-state index >= 15 is 0 Å². The predicted molar refractivity (Wildman–Crippen MR) is 85.3 cm³/mol. The summed E-state index contributed by atoms with van der Waals surface area (Å²) in [5.41, 5.74) is 6.43. The first-order valence-corrected chi connectivity index (χ1v) is 7.16. The Balaban J connectivity index is 2.05. The van der Waals surface area contributed by atoms with E-state index in [4.69, 9.17) is 18.0 Å². The van der Waals surface area contributed by atoms with Gasteiger partial charge >= 0.3 is 0 Å². The zero-order chi connectivity index (χ0) is 15.2. The van der Waals surface area contributed by atoms with Gasteiger partial charge < -0.3 is 16.0 Å². The van der Waals surface area contributed by atoms with E-state index in [1.165, 1.54) is 0 Å². The van der Waals surface area contributed by atoms with Crippen molar-refractivity contribution in [1.82, 2.24) is 10.2 Å². The Hall–Kier alpha value is -2.33. The second-order valence-electron chi connectivity index (χ2n) is 4.67. The topological polar surface area (TPSA) is 82.5 Å².